The Bertz CT molecular complexity index is 740. The number of benzene rings is 2. The minimum absolute atomic E-state index is 0.0689. The van der Waals surface area contributed by atoms with E-state index in [2.05, 4.69) is 34.2 Å². The minimum atomic E-state index is -0.148. The summed E-state index contributed by atoms with van der Waals surface area (Å²) in [5.74, 6) is 0.383. The van der Waals surface area contributed by atoms with Crippen LogP contribution in [0.1, 0.15) is 38.3 Å². The maximum Gasteiger partial charge on any atom is 0.237 e. The van der Waals surface area contributed by atoms with E-state index in [4.69, 9.17) is 0 Å². The summed E-state index contributed by atoms with van der Waals surface area (Å²) in [5, 5.41) is 12.7. The first-order chi connectivity index (χ1) is 13.6. The van der Waals surface area contributed by atoms with Crippen LogP contribution >= 0.6 is 0 Å². The second kappa shape index (κ2) is 9.60. The Morgan fingerprint density at radius 3 is 2.29 bits per heavy atom. The third kappa shape index (κ3) is 5.04. The van der Waals surface area contributed by atoms with Crippen molar-refractivity contribution in [1.29, 1.82) is 0 Å². The summed E-state index contributed by atoms with van der Waals surface area (Å²) < 4.78 is 0. The molecule has 150 valence electrons. The van der Waals surface area contributed by atoms with Gasteiger partial charge in [-0.25, -0.2) is 0 Å². The molecule has 2 N–H and O–H groups in total. The fraction of sp³-hybridized carbons (Fsp3) is 0.435. The summed E-state index contributed by atoms with van der Waals surface area (Å²) in [6.07, 6.45) is 1.97. The molecule has 0 unspecified atom stereocenters. The standard InChI is InChI=1S/C23H31N3O2/c1-3-7-22(19-8-5-4-6-9-19)24-23(28)18(2)25-14-16-26(17-15-25)20-10-12-21(27)13-11-20/h4-6,8-13,18,22,27H,3,7,14-17H2,1-2H3,(H,24,28)/t18-,22-/m1/s1. The fourth-order valence-electron chi connectivity index (χ4n) is 3.79. The molecule has 0 aliphatic carbocycles. The van der Waals surface area contributed by atoms with Crippen LogP contribution in [0.15, 0.2) is 54.6 Å². The number of phenolic OH excluding ortho intramolecular Hbond substituents is 1. The van der Waals surface area contributed by atoms with Gasteiger partial charge in [-0.1, -0.05) is 43.7 Å². The number of hydrogen-bond donors (Lipinski definition) is 2. The molecule has 0 spiro atoms. The van der Waals surface area contributed by atoms with Crippen molar-refractivity contribution in [2.24, 2.45) is 0 Å². The first-order valence-electron chi connectivity index (χ1n) is 10.2. The predicted molar refractivity (Wildman–Crippen MR) is 114 cm³/mol. The number of nitrogens with one attached hydrogen (secondary N) is 1. The Morgan fingerprint density at radius 2 is 1.68 bits per heavy atom. The molecule has 1 saturated heterocycles. The highest BCUT2D eigenvalue weighted by Gasteiger charge is 2.27. The summed E-state index contributed by atoms with van der Waals surface area (Å²) in [6, 6.07) is 17.5. The Balaban J connectivity index is 1.55. The van der Waals surface area contributed by atoms with Crippen LogP contribution < -0.4 is 10.2 Å². The number of rotatable bonds is 7. The maximum atomic E-state index is 12.9. The molecule has 1 fully saturated rings. The van der Waals surface area contributed by atoms with E-state index in [0.29, 0.717) is 0 Å². The molecule has 2 aromatic rings. The summed E-state index contributed by atoms with van der Waals surface area (Å²) in [4.78, 5) is 17.4. The van der Waals surface area contributed by atoms with Crippen molar-refractivity contribution < 1.29 is 9.90 Å². The van der Waals surface area contributed by atoms with Gasteiger partial charge in [-0.05, 0) is 43.2 Å². The van der Waals surface area contributed by atoms with Crippen molar-refractivity contribution in [3.05, 3.63) is 60.2 Å². The van der Waals surface area contributed by atoms with Gasteiger partial charge in [0.2, 0.25) is 5.91 Å². The van der Waals surface area contributed by atoms with Gasteiger partial charge in [-0.3, -0.25) is 9.69 Å². The van der Waals surface area contributed by atoms with E-state index in [1.807, 2.05) is 37.3 Å². The number of anilines is 1. The van der Waals surface area contributed by atoms with Gasteiger partial charge in [0.15, 0.2) is 0 Å². The third-order valence-electron chi connectivity index (χ3n) is 5.55. The molecule has 0 bridgehead atoms. The first-order valence-corrected chi connectivity index (χ1v) is 10.2. The molecule has 0 saturated carbocycles. The Hall–Kier alpha value is -2.53. The fourth-order valence-corrected chi connectivity index (χ4v) is 3.79. The minimum Gasteiger partial charge on any atom is -0.508 e. The van der Waals surface area contributed by atoms with E-state index in [1.54, 1.807) is 12.1 Å². The van der Waals surface area contributed by atoms with Crippen molar-refractivity contribution >= 4 is 11.6 Å². The molecular weight excluding hydrogens is 350 g/mol. The normalized spacial score (nSPS) is 17.1. The monoisotopic (exact) mass is 381 g/mol. The van der Waals surface area contributed by atoms with Crippen LogP contribution in [0.3, 0.4) is 0 Å². The average Bonchev–Trinajstić information content (AvgIpc) is 2.74. The lowest BCUT2D eigenvalue weighted by Gasteiger charge is -2.39. The van der Waals surface area contributed by atoms with E-state index >= 15 is 0 Å². The van der Waals surface area contributed by atoms with Crippen LogP contribution in [0.2, 0.25) is 0 Å². The van der Waals surface area contributed by atoms with Crippen LogP contribution in [-0.4, -0.2) is 48.1 Å². The summed E-state index contributed by atoms with van der Waals surface area (Å²) in [6.45, 7) is 7.59. The Morgan fingerprint density at radius 1 is 1.04 bits per heavy atom. The van der Waals surface area contributed by atoms with Gasteiger partial charge >= 0.3 is 0 Å². The van der Waals surface area contributed by atoms with E-state index < -0.39 is 0 Å². The van der Waals surface area contributed by atoms with Gasteiger partial charge in [-0.15, -0.1) is 0 Å². The van der Waals surface area contributed by atoms with Crippen LogP contribution in [-0.2, 0) is 4.79 Å². The quantitative estimate of drug-likeness (QED) is 0.770. The highest BCUT2D eigenvalue weighted by atomic mass is 16.3. The molecule has 1 aliphatic rings. The predicted octanol–water partition coefficient (Wildman–Crippen LogP) is 3.56. The Kier molecular flexibility index (Phi) is 6.93. The van der Waals surface area contributed by atoms with Crippen LogP contribution in [0.4, 0.5) is 5.69 Å². The van der Waals surface area contributed by atoms with Crippen LogP contribution in [0, 0.1) is 0 Å². The van der Waals surface area contributed by atoms with Gasteiger partial charge in [0, 0.05) is 31.9 Å². The highest BCUT2D eigenvalue weighted by molar-refractivity contribution is 5.81. The number of hydrogen-bond acceptors (Lipinski definition) is 4. The molecule has 28 heavy (non-hydrogen) atoms. The number of aromatic hydroxyl groups is 1. The second-order valence-electron chi connectivity index (χ2n) is 7.48. The molecule has 1 amide bonds. The van der Waals surface area contributed by atoms with Crippen molar-refractivity contribution in [2.45, 2.75) is 38.8 Å². The number of carbonyl (C=O) groups is 1. The van der Waals surface area contributed by atoms with Crippen LogP contribution in [0.25, 0.3) is 0 Å². The van der Waals surface area contributed by atoms with E-state index in [-0.39, 0.29) is 23.7 Å². The van der Waals surface area contributed by atoms with E-state index in [0.717, 1.165) is 44.7 Å². The van der Waals surface area contributed by atoms with Gasteiger partial charge < -0.3 is 15.3 Å². The molecule has 0 aromatic heterocycles. The molecule has 5 heteroatoms. The van der Waals surface area contributed by atoms with Crippen LogP contribution in [0.5, 0.6) is 5.75 Å². The maximum absolute atomic E-state index is 12.9. The number of piperazine rings is 1. The zero-order valence-corrected chi connectivity index (χ0v) is 16.8. The molecule has 2 aromatic carbocycles. The van der Waals surface area contributed by atoms with Gasteiger partial charge in [0.1, 0.15) is 5.75 Å². The second-order valence-corrected chi connectivity index (χ2v) is 7.48. The molecular formula is C23H31N3O2. The van der Waals surface area contributed by atoms with Crippen molar-refractivity contribution in [2.75, 3.05) is 31.1 Å². The van der Waals surface area contributed by atoms with Gasteiger partial charge in [-0.2, -0.15) is 0 Å². The van der Waals surface area contributed by atoms with Crippen molar-refractivity contribution in [1.82, 2.24) is 10.2 Å². The zero-order chi connectivity index (χ0) is 19.9. The summed E-state index contributed by atoms with van der Waals surface area (Å²) in [5.41, 5.74) is 2.28. The zero-order valence-electron chi connectivity index (χ0n) is 16.8. The lowest BCUT2D eigenvalue weighted by Crippen LogP contribution is -2.54. The molecule has 5 nitrogen and oxygen atoms in total. The van der Waals surface area contributed by atoms with Gasteiger partial charge in [0.05, 0.1) is 12.1 Å². The smallest absolute Gasteiger partial charge is 0.237 e. The van der Waals surface area contributed by atoms with Crippen molar-refractivity contribution in [3.63, 3.8) is 0 Å². The molecule has 3 rings (SSSR count). The lowest BCUT2D eigenvalue weighted by molar-refractivity contribution is -0.126. The molecule has 1 aliphatic heterocycles. The number of amides is 1. The SMILES string of the molecule is CCC[C@@H](NC(=O)[C@@H](C)N1CCN(c2ccc(O)cc2)CC1)c1ccccc1. The highest BCUT2D eigenvalue weighted by Crippen LogP contribution is 2.21. The molecule has 1 heterocycles. The summed E-state index contributed by atoms with van der Waals surface area (Å²) in [7, 11) is 0. The first kappa shape index (κ1) is 20.2. The number of carbonyl (C=O) groups excluding carboxylic acids is 1. The number of phenols is 1. The number of nitrogens with zero attached hydrogens (tertiary/aromatic N) is 2. The average molecular weight is 382 g/mol. The molecule has 2 atom stereocenters. The van der Waals surface area contributed by atoms with Crippen molar-refractivity contribution in [3.8, 4) is 5.75 Å². The topological polar surface area (TPSA) is 55.8 Å². The van der Waals surface area contributed by atoms with E-state index in [1.165, 1.54) is 5.56 Å². The largest absolute Gasteiger partial charge is 0.508 e. The third-order valence-corrected chi connectivity index (χ3v) is 5.55. The molecule has 0 radical (unpaired) electrons. The summed E-state index contributed by atoms with van der Waals surface area (Å²) >= 11 is 0. The Labute approximate surface area is 168 Å². The van der Waals surface area contributed by atoms with E-state index in [9.17, 15) is 9.90 Å². The lowest BCUT2D eigenvalue weighted by atomic mass is 10.0. The van der Waals surface area contributed by atoms with Gasteiger partial charge in [0.25, 0.3) is 0 Å².